The summed E-state index contributed by atoms with van der Waals surface area (Å²) in [5, 5.41) is 0. The van der Waals surface area contributed by atoms with Gasteiger partial charge in [-0.05, 0) is 13.1 Å². The maximum absolute atomic E-state index is 12.5. The molecule has 9 heteroatoms. The van der Waals surface area contributed by atoms with E-state index in [0.29, 0.717) is 11.3 Å². The van der Waals surface area contributed by atoms with Crippen LogP contribution >= 0.6 is 0 Å². The van der Waals surface area contributed by atoms with Gasteiger partial charge in [0.25, 0.3) is 5.56 Å². The number of nitrogens with zero attached hydrogens (tertiary/aromatic N) is 3. The molecule has 136 valence electrons. The van der Waals surface area contributed by atoms with Gasteiger partial charge >= 0.3 is 12.1 Å². The first-order chi connectivity index (χ1) is 11.6. The number of aromatic nitrogens is 2. The number of para-hydroxylation sites is 1. The zero-order valence-corrected chi connectivity index (χ0v) is 14.0. The van der Waals surface area contributed by atoms with Crippen LogP contribution in [0.3, 0.4) is 0 Å². The summed E-state index contributed by atoms with van der Waals surface area (Å²) >= 11 is 0. The second kappa shape index (κ2) is 7.14. The van der Waals surface area contributed by atoms with Gasteiger partial charge in [0.2, 0.25) is 0 Å². The van der Waals surface area contributed by atoms with Crippen molar-refractivity contribution in [1.29, 1.82) is 0 Å². The van der Waals surface area contributed by atoms with Crippen LogP contribution in [0.1, 0.15) is 11.3 Å². The fourth-order valence-electron chi connectivity index (χ4n) is 2.41. The Bertz CT molecular complexity index is 871. The van der Waals surface area contributed by atoms with Gasteiger partial charge in [0.05, 0.1) is 0 Å². The molecule has 0 unspecified atom stereocenters. The minimum absolute atomic E-state index is 0.148. The quantitative estimate of drug-likeness (QED) is 0.816. The van der Waals surface area contributed by atoms with Gasteiger partial charge in [-0.2, -0.15) is 0 Å². The van der Waals surface area contributed by atoms with Gasteiger partial charge in [0.1, 0.15) is 5.75 Å². The maximum atomic E-state index is 12.5. The fourth-order valence-corrected chi connectivity index (χ4v) is 2.41. The first kappa shape index (κ1) is 18.8. The Hall–Kier alpha value is -2.55. The Kier molecular flexibility index (Phi) is 5.36. The molecule has 2 aromatic rings. The molecule has 0 atom stereocenters. The summed E-state index contributed by atoms with van der Waals surface area (Å²) in [7, 11) is 4.58. The highest BCUT2D eigenvalue weighted by Gasteiger charge is 2.32. The summed E-state index contributed by atoms with van der Waals surface area (Å²) in [5.41, 5.74) is -0.0926. The lowest BCUT2D eigenvalue weighted by Gasteiger charge is -2.20. The van der Waals surface area contributed by atoms with Crippen molar-refractivity contribution in [3.05, 3.63) is 62.4 Å². The average molecular weight is 357 g/mol. The van der Waals surface area contributed by atoms with Crippen molar-refractivity contribution in [2.75, 3.05) is 7.05 Å². The van der Waals surface area contributed by atoms with Gasteiger partial charge in [-0.1, -0.05) is 18.2 Å². The molecule has 25 heavy (non-hydrogen) atoms. The van der Waals surface area contributed by atoms with Gasteiger partial charge in [-0.25, -0.2) is 4.79 Å². The number of ether oxygens (including phenoxy) is 1. The lowest BCUT2D eigenvalue weighted by atomic mass is 10.2. The van der Waals surface area contributed by atoms with E-state index in [2.05, 4.69) is 4.74 Å². The van der Waals surface area contributed by atoms with Crippen LogP contribution in [0.5, 0.6) is 5.75 Å². The number of hydrogen-bond acceptors (Lipinski definition) is 4. The standard InChI is InChI=1S/C16H18F3N3O3/c1-20(10-12-8-14(23)22(3)15(24)21(12)2)9-11-6-4-5-7-13(11)25-16(17,18)19/h4-8H,9-10H2,1-3H3. The molecule has 0 spiro atoms. The first-order valence-corrected chi connectivity index (χ1v) is 7.36. The molecule has 0 fully saturated rings. The Morgan fingerprint density at radius 2 is 1.72 bits per heavy atom. The molecular weight excluding hydrogens is 339 g/mol. The smallest absolute Gasteiger partial charge is 0.405 e. The fraction of sp³-hybridized carbons (Fsp3) is 0.375. The van der Waals surface area contributed by atoms with Crippen molar-refractivity contribution in [1.82, 2.24) is 14.0 Å². The lowest BCUT2D eigenvalue weighted by molar-refractivity contribution is -0.275. The molecular formula is C16H18F3N3O3. The van der Waals surface area contributed by atoms with Crippen LogP contribution in [-0.4, -0.2) is 27.4 Å². The predicted molar refractivity (Wildman–Crippen MR) is 85.2 cm³/mol. The zero-order valence-electron chi connectivity index (χ0n) is 14.0. The van der Waals surface area contributed by atoms with E-state index >= 15 is 0 Å². The molecule has 6 nitrogen and oxygen atoms in total. The lowest BCUT2D eigenvalue weighted by Crippen LogP contribution is -2.39. The second-order valence-electron chi connectivity index (χ2n) is 5.70. The molecule has 1 aromatic heterocycles. The third-order valence-corrected chi connectivity index (χ3v) is 3.70. The number of hydrogen-bond donors (Lipinski definition) is 0. The van der Waals surface area contributed by atoms with E-state index in [0.717, 1.165) is 4.57 Å². The van der Waals surface area contributed by atoms with E-state index in [4.69, 9.17) is 0 Å². The third kappa shape index (κ3) is 4.72. The predicted octanol–water partition coefficient (Wildman–Crippen LogP) is 1.61. The van der Waals surface area contributed by atoms with Crippen LogP contribution in [0.25, 0.3) is 0 Å². The SMILES string of the molecule is CN(Cc1ccccc1OC(F)(F)F)Cc1cc(=O)n(C)c(=O)n1C. The largest absolute Gasteiger partial charge is 0.573 e. The molecule has 1 heterocycles. The van der Waals surface area contributed by atoms with Crippen molar-refractivity contribution in [2.24, 2.45) is 14.1 Å². The topological polar surface area (TPSA) is 56.5 Å². The Morgan fingerprint density at radius 3 is 2.36 bits per heavy atom. The van der Waals surface area contributed by atoms with Crippen molar-refractivity contribution >= 4 is 0 Å². The molecule has 2 rings (SSSR count). The highest BCUT2D eigenvalue weighted by molar-refractivity contribution is 5.33. The molecule has 0 amide bonds. The molecule has 0 saturated heterocycles. The van der Waals surface area contributed by atoms with E-state index in [-0.39, 0.29) is 18.8 Å². The summed E-state index contributed by atoms with van der Waals surface area (Å²) in [6, 6.07) is 7.16. The molecule has 0 saturated carbocycles. The summed E-state index contributed by atoms with van der Waals surface area (Å²) < 4.78 is 43.8. The van der Waals surface area contributed by atoms with Crippen LogP contribution in [0.15, 0.2) is 39.9 Å². The average Bonchev–Trinajstić information content (AvgIpc) is 2.51. The van der Waals surface area contributed by atoms with Crippen LogP contribution < -0.4 is 16.0 Å². The van der Waals surface area contributed by atoms with Gasteiger partial charge in [-0.15, -0.1) is 13.2 Å². The summed E-state index contributed by atoms with van der Waals surface area (Å²) in [6.45, 7) is 0.359. The van der Waals surface area contributed by atoms with E-state index < -0.39 is 17.6 Å². The summed E-state index contributed by atoms with van der Waals surface area (Å²) in [6.07, 6.45) is -4.77. The van der Waals surface area contributed by atoms with Crippen molar-refractivity contribution in [2.45, 2.75) is 19.5 Å². The van der Waals surface area contributed by atoms with E-state index in [9.17, 15) is 22.8 Å². The van der Waals surface area contributed by atoms with Crippen LogP contribution in [0.4, 0.5) is 13.2 Å². The first-order valence-electron chi connectivity index (χ1n) is 7.36. The van der Waals surface area contributed by atoms with Gasteiger partial charge in [0, 0.05) is 44.5 Å². The van der Waals surface area contributed by atoms with Crippen LogP contribution in [0.2, 0.25) is 0 Å². The second-order valence-corrected chi connectivity index (χ2v) is 5.70. The number of alkyl halides is 3. The minimum atomic E-state index is -4.77. The molecule has 0 aliphatic carbocycles. The van der Waals surface area contributed by atoms with Crippen molar-refractivity contribution in [3.63, 3.8) is 0 Å². The molecule has 0 aliphatic rings. The maximum Gasteiger partial charge on any atom is 0.573 e. The van der Waals surface area contributed by atoms with E-state index in [1.165, 1.54) is 42.9 Å². The molecule has 0 bridgehead atoms. The highest BCUT2D eigenvalue weighted by atomic mass is 19.4. The number of halogens is 3. The molecule has 0 N–H and O–H groups in total. The van der Waals surface area contributed by atoms with Crippen LogP contribution in [0, 0.1) is 0 Å². The number of rotatable bonds is 5. The summed E-state index contributed by atoms with van der Waals surface area (Å²) in [4.78, 5) is 25.4. The Labute approximate surface area is 141 Å². The van der Waals surface area contributed by atoms with Crippen molar-refractivity contribution in [3.8, 4) is 5.75 Å². The third-order valence-electron chi connectivity index (χ3n) is 3.70. The molecule has 0 radical (unpaired) electrons. The molecule has 0 aliphatic heterocycles. The zero-order chi connectivity index (χ0) is 18.8. The van der Waals surface area contributed by atoms with E-state index in [1.54, 1.807) is 18.0 Å². The minimum Gasteiger partial charge on any atom is -0.405 e. The normalized spacial score (nSPS) is 11.8. The van der Waals surface area contributed by atoms with Crippen LogP contribution in [-0.2, 0) is 27.2 Å². The summed E-state index contributed by atoms with van der Waals surface area (Å²) in [5.74, 6) is -0.278. The van der Waals surface area contributed by atoms with Crippen molar-refractivity contribution < 1.29 is 17.9 Å². The highest BCUT2D eigenvalue weighted by Crippen LogP contribution is 2.27. The van der Waals surface area contributed by atoms with Gasteiger partial charge in [0.15, 0.2) is 0 Å². The monoisotopic (exact) mass is 357 g/mol. The van der Waals surface area contributed by atoms with E-state index in [1.807, 2.05) is 0 Å². The Balaban J connectivity index is 2.21. The Morgan fingerprint density at radius 1 is 1.08 bits per heavy atom. The van der Waals surface area contributed by atoms with Gasteiger partial charge < -0.3 is 4.74 Å². The number of benzene rings is 1. The molecule has 1 aromatic carbocycles. The van der Waals surface area contributed by atoms with Gasteiger partial charge in [-0.3, -0.25) is 18.8 Å².